The Kier molecular flexibility index (Phi) is 4.03. The number of benzene rings is 1. The molecule has 3 nitrogen and oxygen atoms in total. The molecule has 0 aromatic heterocycles. The van der Waals surface area contributed by atoms with E-state index in [2.05, 4.69) is 25.7 Å². The fourth-order valence-electron chi connectivity index (χ4n) is 2.66. The van der Waals surface area contributed by atoms with Crippen LogP contribution in [0.3, 0.4) is 0 Å². The SMILES string of the molecule is CCc1cc(N)cc(Cl)c1N1CC(C)OC(C)C1. The molecule has 0 saturated carbocycles. The van der Waals surface area contributed by atoms with Crippen molar-refractivity contribution in [2.45, 2.75) is 39.4 Å². The average Bonchev–Trinajstić information content (AvgIpc) is 2.26. The van der Waals surface area contributed by atoms with Gasteiger partial charge in [-0.25, -0.2) is 0 Å². The quantitative estimate of drug-likeness (QED) is 0.838. The van der Waals surface area contributed by atoms with Gasteiger partial charge in [-0.2, -0.15) is 0 Å². The van der Waals surface area contributed by atoms with Gasteiger partial charge in [0, 0.05) is 18.8 Å². The molecule has 2 unspecified atom stereocenters. The summed E-state index contributed by atoms with van der Waals surface area (Å²) in [5.41, 5.74) is 8.92. The van der Waals surface area contributed by atoms with E-state index in [0.29, 0.717) is 0 Å². The highest BCUT2D eigenvalue weighted by Gasteiger charge is 2.25. The Balaban J connectivity index is 2.37. The van der Waals surface area contributed by atoms with Crippen LogP contribution in [0.4, 0.5) is 11.4 Å². The number of hydrogen-bond donors (Lipinski definition) is 1. The number of anilines is 2. The Bertz CT molecular complexity index is 426. The molecule has 1 aliphatic heterocycles. The van der Waals surface area contributed by atoms with Gasteiger partial charge in [-0.3, -0.25) is 0 Å². The standard InChI is InChI=1S/C14H21ClN2O/c1-4-11-5-12(16)6-13(15)14(11)17-7-9(2)18-10(3)8-17/h5-6,9-10H,4,7-8,16H2,1-3H3. The Hall–Kier alpha value is -0.930. The molecular weight excluding hydrogens is 248 g/mol. The van der Waals surface area contributed by atoms with Crippen LogP contribution in [0.25, 0.3) is 0 Å². The summed E-state index contributed by atoms with van der Waals surface area (Å²) in [4.78, 5) is 2.32. The Morgan fingerprint density at radius 1 is 1.33 bits per heavy atom. The molecule has 0 amide bonds. The molecule has 1 fully saturated rings. The van der Waals surface area contributed by atoms with Gasteiger partial charge in [-0.15, -0.1) is 0 Å². The maximum absolute atomic E-state index is 6.38. The van der Waals surface area contributed by atoms with Crippen LogP contribution >= 0.6 is 11.6 Å². The fraction of sp³-hybridized carbons (Fsp3) is 0.571. The van der Waals surface area contributed by atoms with E-state index in [4.69, 9.17) is 22.1 Å². The van der Waals surface area contributed by atoms with Crippen molar-refractivity contribution in [3.8, 4) is 0 Å². The summed E-state index contributed by atoms with van der Waals surface area (Å²) in [5, 5.41) is 0.744. The van der Waals surface area contributed by atoms with Crippen molar-refractivity contribution >= 4 is 23.0 Å². The fourth-order valence-corrected chi connectivity index (χ4v) is 3.03. The molecular formula is C14H21ClN2O. The van der Waals surface area contributed by atoms with Crippen LogP contribution < -0.4 is 10.6 Å². The molecule has 2 N–H and O–H groups in total. The molecule has 0 radical (unpaired) electrons. The van der Waals surface area contributed by atoms with Gasteiger partial charge in [0.25, 0.3) is 0 Å². The molecule has 1 heterocycles. The number of nitrogens with two attached hydrogens (primary N) is 1. The van der Waals surface area contributed by atoms with Crippen LogP contribution in [0.1, 0.15) is 26.3 Å². The Labute approximate surface area is 114 Å². The first-order valence-electron chi connectivity index (χ1n) is 6.49. The predicted octanol–water partition coefficient (Wildman–Crippen LogP) is 3.10. The minimum Gasteiger partial charge on any atom is -0.399 e. The van der Waals surface area contributed by atoms with Crippen LogP contribution in [0.5, 0.6) is 0 Å². The summed E-state index contributed by atoms with van der Waals surface area (Å²) >= 11 is 6.38. The molecule has 1 aromatic carbocycles. The predicted molar refractivity (Wildman–Crippen MR) is 77.5 cm³/mol. The van der Waals surface area contributed by atoms with Crippen molar-refractivity contribution in [2.75, 3.05) is 23.7 Å². The monoisotopic (exact) mass is 268 g/mol. The highest BCUT2D eigenvalue weighted by molar-refractivity contribution is 6.33. The molecule has 0 aliphatic carbocycles. The Morgan fingerprint density at radius 2 is 1.94 bits per heavy atom. The van der Waals surface area contributed by atoms with Crippen molar-refractivity contribution in [2.24, 2.45) is 0 Å². The summed E-state index contributed by atoms with van der Waals surface area (Å²) in [5.74, 6) is 0. The number of nitrogen functional groups attached to an aromatic ring is 1. The van der Waals surface area contributed by atoms with Crippen LogP contribution in [0.15, 0.2) is 12.1 Å². The molecule has 2 rings (SSSR count). The molecule has 100 valence electrons. The largest absolute Gasteiger partial charge is 0.399 e. The lowest BCUT2D eigenvalue weighted by Crippen LogP contribution is -2.46. The summed E-state index contributed by atoms with van der Waals surface area (Å²) in [6.45, 7) is 8.07. The second-order valence-electron chi connectivity index (χ2n) is 5.03. The molecule has 1 saturated heterocycles. The van der Waals surface area contributed by atoms with Crippen LogP contribution in [-0.2, 0) is 11.2 Å². The maximum atomic E-state index is 6.38. The zero-order chi connectivity index (χ0) is 13.3. The van der Waals surface area contributed by atoms with E-state index in [1.54, 1.807) is 0 Å². The molecule has 1 aliphatic rings. The van der Waals surface area contributed by atoms with Gasteiger partial charge in [0.2, 0.25) is 0 Å². The summed E-state index contributed by atoms with van der Waals surface area (Å²) in [6, 6.07) is 3.85. The summed E-state index contributed by atoms with van der Waals surface area (Å²) in [6.07, 6.45) is 1.39. The highest BCUT2D eigenvalue weighted by Crippen LogP contribution is 2.34. The smallest absolute Gasteiger partial charge is 0.0726 e. The molecule has 0 spiro atoms. The van der Waals surface area contributed by atoms with Gasteiger partial charge in [0.05, 0.1) is 22.9 Å². The van der Waals surface area contributed by atoms with Gasteiger partial charge in [-0.05, 0) is 38.0 Å². The normalized spacial score (nSPS) is 24.3. The molecule has 0 bridgehead atoms. The van der Waals surface area contributed by atoms with Gasteiger partial charge < -0.3 is 15.4 Å². The van der Waals surface area contributed by atoms with Crippen molar-refractivity contribution in [3.63, 3.8) is 0 Å². The van der Waals surface area contributed by atoms with Crippen molar-refractivity contribution in [3.05, 3.63) is 22.7 Å². The minimum atomic E-state index is 0.229. The number of halogens is 1. The number of nitrogens with zero attached hydrogens (tertiary/aromatic N) is 1. The van der Waals surface area contributed by atoms with E-state index in [1.165, 1.54) is 5.56 Å². The molecule has 2 atom stereocenters. The maximum Gasteiger partial charge on any atom is 0.0726 e. The second kappa shape index (κ2) is 5.37. The zero-order valence-electron chi connectivity index (χ0n) is 11.2. The topological polar surface area (TPSA) is 38.5 Å². The first-order chi connectivity index (χ1) is 8.51. The molecule has 1 aromatic rings. The zero-order valence-corrected chi connectivity index (χ0v) is 12.0. The van der Waals surface area contributed by atoms with Gasteiger partial charge >= 0.3 is 0 Å². The lowest BCUT2D eigenvalue weighted by molar-refractivity contribution is -0.00524. The van der Waals surface area contributed by atoms with Gasteiger partial charge in [0.15, 0.2) is 0 Å². The summed E-state index contributed by atoms with van der Waals surface area (Å²) in [7, 11) is 0. The first kappa shape index (κ1) is 13.5. The number of morpholine rings is 1. The van der Waals surface area contributed by atoms with E-state index in [9.17, 15) is 0 Å². The molecule has 4 heteroatoms. The number of hydrogen-bond acceptors (Lipinski definition) is 3. The van der Waals surface area contributed by atoms with E-state index >= 15 is 0 Å². The highest BCUT2D eigenvalue weighted by atomic mass is 35.5. The van der Waals surface area contributed by atoms with E-state index in [-0.39, 0.29) is 12.2 Å². The van der Waals surface area contributed by atoms with Gasteiger partial charge in [0.1, 0.15) is 0 Å². The van der Waals surface area contributed by atoms with Crippen LogP contribution in [0.2, 0.25) is 5.02 Å². The van der Waals surface area contributed by atoms with E-state index in [0.717, 1.165) is 35.9 Å². The molecule has 18 heavy (non-hydrogen) atoms. The van der Waals surface area contributed by atoms with Crippen molar-refractivity contribution in [1.82, 2.24) is 0 Å². The van der Waals surface area contributed by atoms with Crippen LogP contribution in [-0.4, -0.2) is 25.3 Å². The van der Waals surface area contributed by atoms with E-state index in [1.807, 2.05) is 12.1 Å². The minimum absolute atomic E-state index is 0.229. The number of aryl methyl sites for hydroxylation is 1. The Morgan fingerprint density at radius 3 is 2.50 bits per heavy atom. The second-order valence-corrected chi connectivity index (χ2v) is 5.43. The number of ether oxygens (including phenoxy) is 1. The van der Waals surface area contributed by atoms with Gasteiger partial charge in [-0.1, -0.05) is 18.5 Å². The first-order valence-corrected chi connectivity index (χ1v) is 6.87. The summed E-state index contributed by atoms with van der Waals surface area (Å²) < 4.78 is 5.77. The lowest BCUT2D eigenvalue weighted by Gasteiger charge is -2.38. The lowest BCUT2D eigenvalue weighted by atomic mass is 10.1. The number of rotatable bonds is 2. The third-order valence-corrected chi connectivity index (χ3v) is 3.57. The van der Waals surface area contributed by atoms with E-state index < -0.39 is 0 Å². The third kappa shape index (κ3) is 2.73. The third-order valence-electron chi connectivity index (χ3n) is 3.28. The van der Waals surface area contributed by atoms with Crippen molar-refractivity contribution < 1.29 is 4.74 Å². The van der Waals surface area contributed by atoms with Crippen LogP contribution in [0, 0.1) is 0 Å². The average molecular weight is 269 g/mol. The van der Waals surface area contributed by atoms with Crippen molar-refractivity contribution in [1.29, 1.82) is 0 Å².